The van der Waals surface area contributed by atoms with Crippen LogP contribution < -0.4 is 10.5 Å². The fraction of sp³-hybridized carbons (Fsp3) is 0.500. The molecule has 0 aromatic carbocycles. The average molecular weight is 333 g/mol. The Balaban J connectivity index is 0.00000162. The van der Waals surface area contributed by atoms with Crippen molar-refractivity contribution in [3.05, 3.63) is 11.6 Å². The van der Waals surface area contributed by atoms with Crippen molar-refractivity contribution in [2.75, 3.05) is 12.8 Å². The maximum atomic E-state index is 11.8. The number of fused-ring (bicyclic) bond motifs is 1. The number of hydrogen-bond donors (Lipinski definition) is 2. The molecule has 2 heterocycles. The first-order valence-electron chi connectivity index (χ1n) is 4.82. The SMILES string of the molecule is CNC1CCS(=O)(=O)c2sc(S(N)(=O)=O)cc21.Cl. The highest BCUT2D eigenvalue weighted by molar-refractivity contribution is 7.95. The summed E-state index contributed by atoms with van der Waals surface area (Å²) in [7, 11) is -5.51. The van der Waals surface area contributed by atoms with E-state index < -0.39 is 19.9 Å². The summed E-state index contributed by atoms with van der Waals surface area (Å²) in [6.45, 7) is 0. The summed E-state index contributed by atoms with van der Waals surface area (Å²) in [5, 5.41) is 7.98. The third kappa shape index (κ3) is 2.70. The van der Waals surface area contributed by atoms with Crippen LogP contribution >= 0.6 is 23.7 Å². The Morgan fingerprint density at radius 3 is 2.61 bits per heavy atom. The van der Waals surface area contributed by atoms with E-state index in [4.69, 9.17) is 5.14 Å². The smallest absolute Gasteiger partial charge is 0.247 e. The van der Waals surface area contributed by atoms with Gasteiger partial charge in [0.2, 0.25) is 10.0 Å². The van der Waals surface area contributed by atoms with Crippen LogP contribution in [0.1, 0.15) is 18.0 Å². The molecule has 18 heavy (non-hydrogen) atoms. The van der Waals surface area contributed by atoms with Crippen molar-refractivity contribution in [2.45, 2.75) is 20.9 Å². The van der Waals surface area contributed by atoms with Crippen molar-refractivity contribution in [1.29, 1.82) is 0 Å². The maximum Gasteiger partial charge on any atom is 0.247 e. The lowest BCUT2D eigenvalue weighted by molar-refractivity contribution is 0.533. The Kier molecular flexibility index (Phi) is 4.46. The monoisotopic (exact) mass is 332 g/mol. The van der Waals surface area contributed by atoms with Crippen LogP contribution in [-0.2, 0) is 19.9 Å². The van der Waals surface area contributed by atoms with Crippen molar-refractivity contribution in [2.24, 2.45) is 5.14 Å². The second-order valence-corrected chi connectivity index (χ2v) is 8.95. The molecule has 0 saturated carbocycles. The van der Waals surface area contributed by atoms with Crippen LogP contribution in [0, 0.1) is 0 Å². The van der Waals surface area contributed by atoms with E-state index in [-0.39, 0.29) is 32.6 Å². The lowest BCUT2D eigenvalue weighted by atomic mass is 10.1. The van der Waals surface area contributed by atoms with Crippen LogP contribution in [-0.4, -0.2) is 29.6 Å². The number of thiophene rings is 1. The molecule has 1 aromatic heterocycles. The van der Waals surface area contributed by atoms with Crippen LogP contribution in [0.15, 0.2) is 14.5 Å². The van der Waals surface area contributed by atoms with Gasteiger partial charge in [-0.2, -0.15) is 0 Å². The summed E-state index contributed by atoms with van der Waals surface area (Å²) in [5.74, 6) is 0.0239. The van der Waals surface area contributed by atoms with Gasteiger partial charge in [-0.3, -0.25) is 0 Å². The van der Waals surface area contributed by atoms with Crippen LogP contribution in [0.4, 0.5) is 0 Å². The molecule has 0 saturated heterocycles. The van der Waals surface area contributed by atoms with Crippen molar-refractivity contribution in [1.82, 2.24) is 5.32 Å². The quantitative estimate of drug-likeness (QED) is 0.807. The van der Waals surface area contributed by atoms with E-state index in [2.05, 4.69) is 5.32 Å². The van der Waals surface area contributed by atoms with Gasteiger partial charge in [0, 0.05) is 11.6 Å². The highest BCUT2D eigenvalue weighted by Gasteiger charge is 2.33. The minimum absolute atomic E-state index is 0. The van der Waals surface area contributed by atoms with E-state index in [1.807, 2.05) is 0 Å². The van der Waals surface area contributed by atoms with Gasteiger partial charge in [0.25, 0.3) is 0 Å². The second-order valence-electron chi connectivity index (χ2n) is 3.80. The zero-order valence-electron chi connectivity index (χ0n) is 9.41. The predicted octanol–water partition coefficient (Wildman–Crippen LogP) is 0.255. The third-order valence-electron chi connectivity index (χ3n) is 2.66. The molecule has 1 aliphatic heterocycles. The Labute approximate surface area is 116 Å². The largest absolute Gasteiger partial charge is 0.313 e. The first-order chi connectivity index (χ1) is 7.75. The normalized spacial score (nSPS) is 22.0. The highest BCUT2D eigenvalue weighted by atomic mass is 35.5. The standard InChI is InChI=1S/C8H12N2O4S3.ClH/c1-10-6-2-3-16(11,12)8-5(6)4-7(15-8)17(9,13)14;/h4,6,10H,2-3H2,1H3,(H2,9,13,14);1H. The van der Waals surface area contributed by atoms with Crippen LogP contribution in [0.2, 0.25) is 0 Å². The van der Waals surface area contributed by atoms with E-state index in [0.717, 1.165) is 11.3 Å². The van der Waals surface area contributed by atoms with E-state index in [0.29, 0.717) is 12.0 Å². The Morgan fingerprint density at radius 1 is 1.50 bits per heavy atom. The zero-order valence-corrected chi connectivity index (χ0v) is 12.7. The summed E-state index contributed by atoms with van der Waals surface area (Å²) >= 11 is 0.727. The van der Waals surface area contributed by atoms with E-state index in [1.54, 1.807) is 7.05 Å². The molecule has 0 aliphatic carbocycles. The molecular formula is C8H13ClN2O4S3. The molecule has 3 N–H and O–H groups in total. The predicted molar refractivity (Wildman–Crippen MR) is 71.4 cm³/mol. The molecule has 0 bridgehead atoms. The molecule has 0 amide bonds. The molecule has 2 rings (SSSR count). The number of sulfonamides is 1. The number of primary sulfonamides is 1. The molecule has 104 valence electrons. The lowest BCUT2D eigenvalue weighted by Gasteiger charge is -2.21. The van der Waals surface area contributed by atoms with E-state index >= 15 is 0 Å². The first kappa shape index (κ1) is 15.9. The van der Waals surface area contributed by atoms with Crippen LogP contribution in [0.3, 0.4) is 0 Å². The topological polar surface area (TPSA) is 106 Å². The zero-order chi connectivity index (χ0) is 12.8. The van der Waals surface area contributed by atoms with Gasteiger partial charge in [-0.05, 0) is 19.5 Å². The number of nitrogens with one attached hydrogen (secondary N) is 1. The van der Waals surface area contributed by atoms with E-state index in [1.165, 1.54) is 6.07 Å². The molecule has 10 heteroatoms. The highest BCUT2D eigenvalue weighted by Crippen LogP contribution is 2.39. The molecule has 1 unspecified atom stereocenters. The van der Waals surface area contributed by atoms with Gasteiger partial charge in [0.05, 0.1) is 5.75 Å². The van der Waals surface area contributed by atoms with Crippen molar-refractivity contribution in [3.8, 4) is 0 Å². The number of rotatable bonds is 2. The van der Waals surface area contributed by atoms with Gasteiger partial charge >= 0.3 is 0 Å². The molecule has 0 radical (unpaired) electrons. The minimum Gasteiger partial charge on any atom is -0.313 e. The van der Waals surface area contributed by atoms with Gasteiger partial charge < -0.3 is 5.32 Å². The second kappa shape index (κ2) is 5.06. The van der Waals surface area contributed by atoms with E-state index in [9.17, 15) is 16.8 Å². The Morgan fingerprint density at radius 2 is 2.11 bits per heavy atom. The van der Waals surface area contributed by atoms with Crippen molar-refractivity contribution < 1.29 is 16.8 Å². The summed E-state index contributed by atoms with van der Waals surface area (Å²) < 4.78 is 46.1. The Hall–Kier alpha value is -0.190. The fourth-order valence-electron chi connectivity index (χ4n) is 1.81. The molecular weight excluding hydrogens is 320 g/mol. The number of hydrogen-bond acceptors (Lipinski definition) is 6. The summed E-state index contributed by atoms with van der Waals surface area (Å²) in [4.78, 5) is 0. The van der Waals surface area contributed by atoms with Gasteiger partial charge in [0.15, 0.2) is 9.84 Å². The molecule has 0 fully saturated rings. The van der Waals surface area contributed by atoms with Gasteiger partial charge in [-0.15, -0.1) is 23.7 Å². The van der Waals surface area contributed by atoms with Crippen LogP contribution in [0.25, 0.3) is 0 Å². The third-order valence-corrected chi connectivity index (χ3v) is 7.62. The average Bonchev–Trinajstić information content (AvgIpc) is 2.63. The molecule has 6 nitrogen and oxygen atoms in total. The van der Waals surface area contributed by atoms with Gasteiger partial charge in [-0.25, -0.2) is 22.0 Å². The van der Waals surface area contributed by atoms with Crippen LogP contribution in [0.5, 0.6) is 0 Å². The lowest BCUT2D eigenvalue weighted by Crippen LogP contribution is -2.25. The Bertz CT molecular complexity index is 650. The maximum absolute atomic E-state index is 11.8. The number of halogens is 1. The molecule has 1 aromatic rings. The summed E-state index contributed by atoms with van der Waals surface area (Å²) in [5.41, 5.74) is 0.507. The first-order valence-corrected chi connectivity index (χ1v) is 8.84. The molecule has 1 aliphatic rings. The van der Waals surface area contributed by atoms with Crippen molar-refractivity contribution in [3.63, 3.8) is 0 Å². The molecule has 1 atom stereocenters. The summed E-state index contributed by atoms with van der Waals surface area (Å²) in [6.07, 6.45) is 0.437. The number of nitrogens with two attached hydrogens (primary N) is 1. The minimum atomic E-state index is -3.85. The van der Waals surface area contributed by atoms with Gasteiger partial charge in [-0.1, -0.05) is 0 Å². The van der Waals surface area contributed by atoms with Crippen molar-refractivity contribution >= 4 is 43.6 Å². The number of sulfone groups is 1. The summed E-state index contributed by atoms with van der Waals surface area (Å²) in [6, 6.07) is 1.22. The van der Waals surface area contributed by atoms with Gasteiger partial charge in [0.1, 0.15) is 8.42 Å². The molecule has 0 spiro atoms. The fourth-order valence-corrected chi connectivity index (χ4v) is 5.98.